The molecule has 2 saturated heterocycles. The molecule has 2 aliphatic heterocycles. The van der Waals surface area contributed by atoms with Crippen LogP contribution in [0.5, 0.6) is 0 Å². The van der Waals surface area contributed by atoms with Gasteiger partial charge in [-0.25, -0.2) is 0 Å². The fourth-order valence-electron chi connectivity index (χ4n) is 2.44. The molecule has 3 rings (SSSR count). The number of hydrogen-bond acceptors (Lipinski definition) is 4. The van der Waals surface area contributed by atoms with Crippen molar-refractivity contribution in [1.29, 1.82) is 0 Å². The van der Waals surface area contributed by atoms with Gasteiger partial charge in [-0.1, -0.05) is 0 Å². The Bertz CT molecular complexity index is 512. The van der Waals surface area contributed by atoms with Crippen molar-refractivity contribution in [2.45, 2.75) is 18.9 Å². The van der Waals surface area contributed by atoms with Crippen LogP contribution in [0.3, 0.4) is 0 Å². The average Bonchev–Trinajstić information content (AvgIpc) is 3.11. The number of rotatable bonds is 3. The maximum absolute atomic E-state index is 12.0. The fourth-order valence-corrected chi connectivity index (χ4v) is 3.38. The van der Waals surface area contributed by atoms with E-state index in [0.29, 0.717) is 6.42 Å². The SMILES string of the molecule is O=C(Nc1ccc(N2CCCC2=O)cc1)C1CSCN1. The molecule has 2 fully saturated rings. The molecule has 0 radical (unpaired) electrons. The number of amides is 2. The third-order valence-corrected chi connectivity index (χ3v) is 4.49. The normalized spacial score (nSPS) is 22.3. The zero-order valence-electron chi connectivity index (χ0n) is 11.1. The molecule has 0 bridgehead atoms. The standard InChI is InChI=1S/C14H17N3O2S/c18-13-2-1-7-17(13)11-5-3-10(4-6-11)16-14(19)12-8-20-9-15-12/h3-6,12,15H,1-2,7-9H2,(H,16,19). The summed E-state index contributed by atoms with van der Waals surface area (Å²) in [5.41, 5.74) is 1.67. The Balaban J connectivity index is 1.63. The monoisotopic (exact) mass is 291 g/mol. The molecule has 6 heteroatoms. The third-order valence-electron chi connectivity index (χ3n) is 3.55. The minimum atomic E-state index is -0.111. The van der Waals surface area contributed by atoms with E-state index in [1.807, 2.05) is 24.3 Å². The van der Waals surface area contributed by atoms with Gasteiger partial charge in [0.15, 0.2) is 0 Å². The van der Waals surface area contributed by atoms with E-state index in [-0.39, 0.29) is 17.9 Å². The van der Waals surface area contributed by atoms with E-state index < -0.39 is 0 Å². The van der Waals surface area contributed by atoms with Crippen molar-refractivity contribution in [3.8, 4) is 0 Å². The highest BCUT2D eigenvalue weighted by Crippen LogP contribution is 2.23. The fraction of sp³-hybridized carbons (Fsp3) is 0.429. The number of carbonyl (C=O) groups is 2. The molecule has 0 aromatic heterocycles. The summed E-state index contributed by atoms with van der Waals surface area (Å²) in [7, 11) is 0. The Morgan fingerprint density at radius 1 is 1.35 bits per heavy atom. The summed E-state index contributed by atoms with van der Waals surface area (Å²) < 4.78 is 0. The van der Waals surface area contributed by atoms with Crippen molar-refractivity contribution < 1.29 is 9.59 Å². The molecule has 2 N–H and O–H groups in total. The van der Waals surface area contributed by atoms with Gasteiger partial charge in [0, 0.05) is 36.0 Å². The predicted molar refractivity (Wildman–Crippen MR) is 80.9 cm³/mol. The van der Waals surface area contributed by atoms with Crippen LogP contribution in [0.4, 0.5) is 11.4 Å². The van der Waals surface area contributed by atoms with Gasteiger partial charge in [-0.3, -0.25) is 14.9 Å². The molecule has 20 heavy (non-hydrogen) atoms. The van der Waals surface area contributed by atoms with Crippen LogP contribution >= 0.6 is 11.8 Å². The lowest BCUT2D eigenvalue weighted by atomic mass is 10.2. The van der Waals surface area contributed by atoms with Crippen LogP contribution in [0, 0.1) is 0 Å². The Labute approximate surface area is 122 Å². The van der Waals surface area contributed by atoms with Gasteiger partial charge in [0.25, 0.3) is 0 Å². The van der Waals surface area contributed by atoms with Crippen molar-refractivity contribution >= 4 is 35.0 Å². The molecule has 1 aromatic carbocycles. The van der Waals surface area contributed by atoms with E-state index in [2.05, 4.69) is 10.6 Å². The zero-order valence-corrected chi connectivity index (χ0v) is 11.9. The molecule has 106 valence electrons. The molecule has 1 unspecified atom stereocenters. The molecular weight excluding hydrogens is 274 g/mol. The van der Waals surface area contributed by atoms with Crippen LogP contribution < -0.4 is 15.5 Å². The summed E-state index contributed by atoms with van der Waals surface area (Å²) in [6.45, 7) is 0.785. The van der Waals surface area contributed by atoms with E-state index in [4.69, 9.17) is 0 Å². The van der Waals surface area contributed by atoms with Gasteiger partial charge in [0.2, 0.25) is 11.8 Å². The van der Waals surface area contributed by atoms with E-state index in [0.717, 1.165) is 36.0 Å². The number of carbonyl (C=O) groups excluding carboxylic acids is 2. The number of anilines is 2. The average molecular weight is 291 g/mol. The van der Waals surface area contributed by atoms with Gasteiger partial charge in [-0.05, 0) is 30.7 Å². The summed E-state index contributed by atoms with van der Waals surface area (Å²) in [6, 6.07) is 7.35. The molecule has 1 aromatic rings. The number of nitrogens with one attached hydrogen (secondary N) is 2. The first-order valence-corrected chi connectivity index (χ1v) is 7.92. The Kier molecular flexibility index (Phi) is 3.93. The minimum Gasteiger partial charge on any atom is -0.325 e. The molecule has 0 saturated carbocycles. The van der Waals surface area contributed by atoms with Crippen molar-refractivity contribution in [1.82, 2.24) is 5.32 Å². The Hall–Kier alpha value is -1.53. The largest absolute Gasteiger partial charge is 0.325 e. The zero-order chi connectivity index (χ0) is 13.9. The molecular formula is C14H17N3O2S. The van der Waals surface area contributed by atoms with Crippen molar-refractivity contribution in [2.24, 2.45) is 0 Å². The summed E-state index contributed by atoms with van der Waals surface area (Å²) in [5, 5.41) is 6.03. The van der Waals surface area contributed by atoms with Gasteiger partial charge in [0.1, 0.15) is 0 Å². The van der Waals surface area contributed by atoms with Crippen LogP contribution in [0.1, 0.15) is 12.8 Å². The Morgan fingerprint density at radius 2 is 2.15 bits per heavy atom. The van der Waals surface area contributed by atoms with Gasteiger partial charge >= 0.3 is 0 Å². The summed E-state index contributed by atoms with van der Waals surface area (Å²) in [6.07, 6.45) is 1.55. The van der Waals surface area contributed by atoms with Crippen molar-refractivity contribution in [3.05, 3.63) is 24.3 Å². The lowest BCUT2D eigenvalue weighted by Gasteiger charge is -2.16. The van der Waals surface area contributed by atoms with E-state index in [1.54, 1.807) is 16.7 Å². The summed E-state index contributed by atoms with van der Waals surface area (Å²) in [4.78, 5) is 25.4. The highest BCUT2D eigenvalue weighted by atomic mass is 32.2. The molecule has 1 atom stereocenters. The second-order valence-corrected chi connectivity index (χ2v) is 5.99. The predicted octanol–water partition coefficient (Wildman–Crippen LogP) is 1.41. The quantitative estimate of drug-likeness (QED) is 0.884. The van der Waals surface area contributed by atoms with Crippen LogP contribution in [0.25, 0.3) is 0 Å². The first-order chi connectivity index (χ1) is 9.74. The lowest BCUT2D eigenvalue weighted by Crippen LogP contribution is -2.37. The maximum atomic E-state index is 12.0. The highest BCUT2D eigenvalue weighted by molar-refractivity contribution is 7.99. The molecule has 2 amide bonds. The summed E-state index contributed by atoms with van der Waals surface area (Å²) in [5.74, 6) is 1.81. The third kappa shape index (κ3) is 2.81. The minimum absolute atomic E-state index is 0.00000102. The van der Waals surface area contributed by atoms with Gasteiger partial charge < -0.3 is 10.2 Å². The topological polar surface area (TPSA) is 61.4 Å². The second-order valence-electron chi connectivity index (χ2n) is 4.96. The van der Waals surface area contributed by atoms with Crippen LogP contribution in [-0.4, -0.2) is 36.0 Å². The van der Waals surface area contributed by atoms with E-state index >= 15 is 0 Å². The van der Waals surface area contributed by atoms with Crippen LogP contribution in [0.15, 0.2) is 24.3 Å². The second kappa shape index (κ2) is 5.85. The molecule has 2 aliphatic rings. The number of benzene rings is 1. The van der Waals surface area contributed by atoms with Crippen molar-refractivity contribution in [3.63, 3.8) is 0 Å². The molecule has 0 spiro atoms. The maximum Gasteiger partial charge on any atom is 0.242 e. The van der Waals surface area contributed by atoms with Gasteiger partial charge in [0.05, 0.1) is 6.04 Å². The number of thioether (sulfide) groups is 1. The first-order valence-electron chi connectivity index (χ1n) is 6.76. The Morgan fingerprint density at radius 3 is 2.75 bits per heavy atom. The number of nitrogens with zero attached hydrogens (tertiary/aromatic N) is 1. The lowest BCUT2D eigenvalue weighted by molar-refractivity contribution is -0.118. The van der Waals surface area contributed by atoms with Gasteiger partial charge in [-0.2, -0.15) is 0 Å². The van der Waals surface area contributed by atoms with Crippen LogP contribution in [-0.2, 0) is 9.59 Å². The molecule has 5 nitrogen and oxygen atoms in total. The van der Waals surface area contributed by atoms with E-state index in [1.165, 1.54) is 0 Å². The smallest absolute Gasteiger partial charge is 0.242 e. The summed E-state index contributed by atoms with van der Waals surface area (Å²) >= 11 is 1.72. The van der Waals surface area contributed by atoms with Crippen molar-refractivity contribution in [2.75, 3.05) is 28.4 Å². The molecule has 2 heterocycles. The van der Waals surface area contributed by atoms with E-state index in [9.17, 15) is 9.59 Å². The van der Waals surface area contributed by atoms with Crippen LogP contribution in [0.2, 0.25) is 0 Å². The van der Waals surface area contributed by atoms with Gasteiger partial charge in [-0.15, -0.1) is 11.8 Å². The first kappa shape index (κ1) is 13.5. The highest BCUT2D eigenvalue weighted by Gasteiger charge is 2.23. The number of hydrogen-bond donors (Lipinski definition) is 2. The molecule has 0 aliphatic carbocycles.